The first kappa shape index (κ1) is 33.7. The molecule has 0 aromatic rings. The van der Waals surface area contributed by atoms with Crippen molar-refractivity contribution in [1.82, 2.24) is 10.6 Å². The number of nitrogens with one attached hydrogen (secondary N) is 2. The van der Waals surface area contributed by atoms with Crippen molar-refractivity contribution >= 4 is 17.8 Å². The zero-order chi connectivity index (χ0) is 26.6. The molecule has 0 aromatic heterocycles. The van der Waals surface area contributed by atoms with Crippen LogP contribution in [0.3, 0.4) is 0 Å². The van der Waals surface area contributed by atoms with Crippen LogP contribution in [0.2, 0.25) is 0 Å². The summed E-state index contributed by atoms with van der Waals surface area (Å²) >= 11 is 0. The van der Waals surface area contributed by atoms with E-state index in [1.165, 1.54) is 0 Å². The topological polar surface area (TPSA) is 114 Å². The highest BCUT2D eigenvalue weighted by Gasteiger charge is 2.23. The molecule has 0 atom stereocenters. The molecule has 0 aromatic carbocycles. The summed E-state index contributed by atoms with van der Waals surface area (Å²) in [5, 5.41) is 14.1. The second-order valence-corrected chi connectivity index (χ2v) is 9.14. The van der Waals surface area contributed by atoms with Crippen LogP contribution in [0.1, 0.15) is 61.3 Å². The van der Waals surface area contributed by atoms with E-state index in [0.29, 0.717) is 45.1 Å². The number of allylic oxidation sites excluding steroid dienone is 3. The van der Waals surface area contributed by atoms with Crippen LogP contribution >= 0.6 is 0 Å². The quantitative estimate of drug-likeness (QED) is 0.165. The number of carbonyl (C=O) groups excluding carboxylic acids is 2. The molecule has 0 aliphatic heterocycles. The van der Waals surface area contributed by atoms with Gasteiger partial charge in [-0.15, -0.1) is 0 Å². The minimum absolute atomic E-state index is 0.0352. The molecule has 0 aliphatic carbocycles. The lowest BCUT2D eigenvalue weighted by Crippen LogP contribution is -2.38. The van der Waals surface area contributed by atoms with Crippen molar-refractivity contribution in [3.63, 3.8) is 0 Å². The largest absolute Gasteiger partial charge is 0.481 e. The standard InChI is InChI=1S/C24H40N2O6.C2H6/c1-7-9-10-19(8-2)22(30)26-15-23(3,4)16-32-18-24(5,6)17-31-14-13-25-20(27)11-12-21(28)29;1-2/h7-10H,1,11-18H2,2-6H3,(H,25,27)(H,26,30)(H,28,29);1-2H3/b10-9-,19-8+;. The van der Waals surface area contributed by atoms with Crippen molar-refractivity contribution in [1.29, 1.82) is 0 Å². The first-order chi connectivity index (χ1) is 15.9. The summed E-state index contributed by atoms with van der Waals surface area (Å²) in [6.07, 6.45) is 6.60. The van der Waals surface area contributed by atoms with Crippen molar-refractivity contribution in [2.75, 3.05) is 39.5 Å². The highest BCUT2D eigenvalue weighted by Crippen LogP contribution is 2.20. The molecule has 3 N–H and O–H groups in total. The van der Waals surface area contributed by atoms with Crippen LogP contribution in [-0.2, 0) is 23.9 Å². The number of hydrogen-bond donors (Lipinski definition) is 3. The second-order valence-electron chi connectivity index (χ2n) is 9.14. The minimum Gasteiger partial charge on any atom is -0.481 e. The third kappa shape index (κ3) is 19.1. The molecule has 0 bridgehead atoms. The summed E-state index contributed by atoms with van der Waals surface area (Å²) < 4.78 is 11.5. The highest BCUT2D eigenvalue weighted by atomic mass is 16.5. The van der Waals surface area contributed by atoms with E-state index in [2.05, 4.69) is 17.2 Å². The van der Waals surface area contributed by atoms with Gasteiger partial charge in [-0.25, -0.2) is 0 Å². The number of hydrogen-bond acceptors (Lipinski definition) is 5. The minimum atomic E-state index is -0.994. The zero-order valence-electron chi connectivity index (χ0n) is 22.2. The lowest BCUT2D eigenvalue weighted by molar-refractivity contribution is -0.138. The van der Waals surface area contributed by atoms with Gasteiger partial charge in [0.2, 0.25) is 5.91 Å². The summed E-state index contributed by atoms with van der Waals surface area (Å²) in [5.41, 5.74) is 0.117. The molecule has 196 valence electrons. The van der Waals surface area contributed by atoms with Crippen molar-refractivity contribution in [3.8, 4) is 0 Å². The Morgan fingerprint density at radius 2 is 1.53 bits per heavy atom. The van der Waals surface area contributed by atoms with Gasteiger partial charge in [-0.2, -0.15) is 0 Å². The Labute approximate surface area is 205 Å². The molecule has 0 unspecified atom stereocenters. The van der Waals surface area contributed by atoms with Crippen LogP contribution in [0, 0.1) is 10.8 Å². The molecule has 8 nitrogen and oxygen atoms in total. The number of carboxylic acids is 1. The Morgan fingerprint density at radius 1 is 0.941 bits per heavy atom. The molecule has 0 saturated heterocycles. The van der Waals surface area contributed by atoms with Crippen LogP contribution in [-0.4, -0.2) is 62.4 Å². The number of aliphatic carboxylic acids is 1. The molecule has 0 aliphatic rings. The first-order valence-electron chi connectivity index (χ1n) is 11.8. The Morgan fingerprint density at radius 3 is 2.09 bits per heavy atom. The van der Waals surface area contributed by atoms with Crippen LogP contribution in [0.25, 0.3) is 0 Å². The number of amides is 2. The van der Waals surface area contributed by atoms with Gasteiger partial charge in [0.15, 0.2) is 0 Å². The second kappa shape index (κ2) is 18.9. The lowest BCUT2D eigenvalue weighted by Gasteiger charge is -2.29. The predicted octanol–water partition coefficient (Wildman–Crippen LogP) is 3.88. The maximum Gasteiger partial charge on any atom is 0.303 e. The third-order valence-electron chi connectivity index (χ3n) is 4.33. The van der Waals surface area contributed by atoms with Crippen molar-refractivity contribution in [2.24, 2.45) is 10.8 Å². The molecule has 0 saturated carbocycles. The molecule has 0 spiro atoms. The van der Waals surface area contributed by atoms with E-state index in [0.717, 1.165) is 0 Å². The molecule has 0 fully saturated rings. The van der Waals surface area contributed by atoms with Gasteiger partial charge in [0.1, 0.15) is 0 Å². The Bertz CT molecular complexity index is 681. The van der Waals surface area contributed by atoms with E-state index in [-0.39, 0.29) is 35.5 Å². The fourth-order valence-corrected chi connectivity index (χ4v) is 2.51. The van der Waals surface area contributed by atoms with Gasteiger partial charge in [-0.05, 0) is 13.0 Å². The van der Waals surface area contributed by atoms with Crippen molar-refractivity contribution in [3.05, 3.63) is 36.5 Å². The van der Waals surface area contributed by atoms with E-state index in [4.69, 9.17) is 14.6 Å². The lowest BCUT2D eigenvalue weighted by atomic mass is 9.93. The average molecular weight is 483 g/mol. The summed E-state index contributed by atoms with van der Waals surface area (Å²) in [6, 6.07) is 0. The fraction of sp³-hybridized carbons (Fsp3) is 0.654. The summed E-state index contributed by atoms with van der Waals surface area (Å²) in [4.78, 5) is 34.2. The van der Waals surface area contributed by atoms with Gasteiger partial charge >= 0.3 is 5.97 Å². The number of rotatable bonds is 17. The van der Waals surface area contributed by atoms with E-state index in [9.17, 15) is 14.4 Å². The van der Waals surface area contributed by atoms with Crippen LogP contribution in [0.4, 0.5) is 0 Å². The maximum absolute atomic E-state index is 12.3. The van der Waals surface area contributed by atoms with Crippen LogP contribution in [0.15, 0.2) is 36.5 Å². The van der Waals surface area contributed by atoms with Gasteiger partial charge in [-0.1, -0.05) is 66.3 Å². The van der Waals surface area contributed by atoms with Gasteiger partial charge in [-0.3, -0.25) is 14.4 Å². The third-order valence-corrected chi connectivity index (χ3v) is 4.33. The molecular formula is C26H46N2O6. The predicted molar refractivity (Wildman–Crippen MR) is 137 cm³/mol. The number of carbonyl (C=O) groups is 3. The molecule has 0 heterocycles. The van der Waals surface area contributed by atoms with Crippen molar-refractivity contribution < 1.29 is 29.0 Å². The molecule has 2 amide bonds. The van der Waals surface area contributed by atoms with Gasteiger partial charge in [0.25, 0.3) is 5.91 Å². The van der Waals surface area contributed by atoms with E-state index >= 15 is 0 Å². The smallest absolute Gasteiger partial charge is 0.303 e. The molecule has 0 radical (unpaired) electrons. The van der Waals surface area contributed by atoms with Gasteiger partial charge in [0.05, 0.1) is 32.8 Å². The summed E-state index contributed by atoms with van der Waals surface area (Å²) in [5.74, 6) is -1.43. The molecule has 34 heavy (non-hydrogen) atoms. The molecular weight excluding hydrogens is 436 g/mol. The number of carboxylic acid groups (broad SMARTS) is 1. The molecule has 8 heteroatoms. The Kier molecular flexibility index (Phi) is 18.8. The van der Waals surface area contributed by atoms with Crippen LogP contribution in [0.5, 0.6) is 0 Å². The van der Waals surface area contributed by atoms with Crippen LogP contribution < -0.4 is 10.6 Å². The zero-order valence-corrected chi connectivity index (χ0v) is 22.2. The Balaban J connectivity index is 0. The number of ether oxygens (including phenoxy) is 2. The Hall–Kier alpha value is -2.45. The monoisotopic (exact) mass is 482 g/mol. The maximum atomic E-state index is 12.3. The summed E-state index contributed by atoms with van der Waals surface area (Å²) in [7, 11) is 0. The van der Waals surface area contributed by atoms with E-state index < -0.39 is 5.97 Å². The van der Waals surface area contributed by atoms with E-state index in [1.807, 2.05) is 48.5 Å². The normalized spacial score (nSPS) is 12.0. The van der Waals surface area contributed by atoms with Gasteiger partial charge in [0, 0.05) is 35.9 Å². The highest BCUT2D eigenvalue weighted by molar-refractivity contribution is 5.96. The SMILES string of the molecule is C=C/C=C\C(=C/C)C(=O)NCC(C)(C)COCC(C)(C)COCCNC(=O)CCC(=O)O.CC. The fourth-order valence-electron chi connectivity index (χ4n) is 2.51. The van der Waals surface area contributed by atoms with Gasteiger partial charge < -0.3 is 25.2 Å². The average Bonchev–Trinajstić information content (AvgIpc) is 2.77. The van der Waals surface area contributed by atoms with E-state index in [1.54, 1.807) is 24.3 Å². The molecule has 0 rings (SSSR count). The van der Waals surface area contributed by atoms with Crippen molar-refractivity contribution in [2.45, 2.75) is 61.3 Å². The summed E-state index contributed by atoms with van der Waals surface area (Å²) in [6.45, 7) is 20.1. The first-order valence-corrected chi connectivity index (χ1v) is 11.8.